The van der Waals surface area contributed by atoms with Crippen LogP contribution in [0.25, 0.3) is 0 Å². The minimum Gasteiger partial charge on any atom is -0.491 e. The normalized spacial score (nSPS) is 14.0. The third-order valence-corrected chi connectivity index (χ3v) is 5.63. The number of carbonyl (C=O) groups is 1. The summed E-state index contributed by atoms with van der Waals surface area (Å²) in [7, 11) is -3.69. The SMILES string of the molecule is Cc1ccccc1OCC(C)NC(=O)CN(c1ccc2c(c1)OCCO2)S(C)(=O)=O. The maximum absolute atomic E-state index is 12.5. The van der Waals surface area contributed by atoms with E-state index in [4.69, 9.17) is 14.2 Å². The highest BCUT2D eigenvalue weighted by atomic mass is 32.2. The van der Waals surface area contributed by atoms with Crippen LogP contribution in [0.5, 0.6) is 17.2 Å². The number of anilines is 1. The van der Waals surface area contributed by atoms with Crippen LogP contribution in [-0.4, -0.2) is 53.0 Å². The van der Waals surface area contributed by atoms with E-state index in [1.165, 1.54) is 0 Å². The fourth-order valence-electron chi connectivity index (χ4n) is 3.01. The van der Waals surface area contributed by atoms with Crippen LogP contribution in [0.15, 0.2) is 42.5 Å². The lowest BCUT2D eigenvalue weighted by molar-refractivity contribution is -0.120. The number of hydrogen-bond acceptors (Lipinski definition) is 6. The van der Waals surface area contributed by atoms with Crippen molar-refractivity contribution in [2.24, 2.45) is 0 Å². The summed E-state index contributed by atoms with van der Waals surface area (Å²) in [6.45, 7) is 4.47. The van der Waals surface area contributed by atoms with Crippen molar-refractivity contribution >= 4 is 21.6 Å². The fraction of sp³-hybridized carbons (Fsp3) is 0.381. The summed E-state index contributed by atoms with van der Waals surface area (Å²) in [6, 6.07) is 12.1. The van der Waals surface area contributed by atoms with E-state index in [-0.39, 0.29) is 19.2 Å². The van der Waals surface area contributed by atoms with Crippen LogP contribution in [0.4, 0.5) is 5.69 Å². The van der Waals surface area contributed by atoms with Crippen molar-refractivity contribution in [3.05, 3.63) is 48.0 Å². The van der Waals surface area contributed by atoms with Crippen LogP contribution in [0, 0.1) is 6.92 Å². The molecule has 0 aromatic heterocycles. The number of amides is 1. The Morgan fingerprint density at radius 1 is 1.17 bits per heavy atom. The molecule has 1 N–H and O–H groups in total. The van der Waals surface area contributed by atoms with Crippen molar-refractivity contribution in [2.45, 2.75) is 19.9 Å². The molecule has 0 radical (unpaired) electrons. The van der Waals surface area contributed by atoms with Crippen molar-refractivity contribution in [3.8, 4) is 17.2 Å². The Morgan fingerprint density at radius 2 is 1.87 bits per heavy atom. The number of nitrogens with zero attached hydrogens (tertiary/aromatic N) is 1. The number of fused-ring (bicyclic) bond motifs is 1. The van der Waals surface area contributed by atoms with Crippen LogP contribution < -0.4 is 23.8 Å². The molecule has 0 fully saturated rings. The molecule has 0 saturated heterocycles. The Morgan fingerprint density at radius 3 is 2.57 bits per heavy atom. The monoisotopic (exact) mass is 434 g/mol. The smallest absolute Gasteiger partial charge is 0.241 e. The zero-order valence-corrected chi connectivity index (χ0v) is 18.1. The second-order valence-corrected chi connectivity index (χ2v) is 9.05. The van der Waals surface area contributed by atoms with Gasteiger partial charge in [-0.25, -0.2) is 8.42 Å². The number of sulfonamides is 1. The van der Waals surface area contributed by atoms with E-state index in [0.29, 0.717) is 30.4 Å². The standard InChI is InChI=1S/C21H26N2O6S/c1-15-6-4-5-7-18(15)29-14-16(2)22-21(24)13-23(30(3,25)26)17-8-9-19-20(12-17)28-11-10-27-19/h4-9,12,16H,10-11,13-14H2,1-3H3,(H,22,24). The van der Waals surface area contributed by atoms with Gasteiger partial charge in [0.1, 0.15) is 32.1 Å². The van der Waals surface area contributed by atoms with Gasteiger partial charge in [0.2, 0.25) is 15.9 Å². The fourth-order valence-corrected chi connectivity index (χ4v) is 3.86. The van der Waals surface area contributed by atoms with Crippen LogP contribution in [-0.2, 0) is 14.8 Å². The average Bonchev–Trinajstić information content (AvgIpc) is 2.70. The summed E-state index contributed by atoms with van der Waals surface area (Å²) in [5.74, 6) is 1.31. The Bertz CT molecular complexity index is 1010. The molecule has 1 heterocycles. The molecule has 1 atom stereocenters. The highest BCUT2D eigenvalue weighted by Gasteiger charge is 2.24. The predicted octanol–water partition coefficient (Wildman–Crippen LogP) is 2.12. The van der Waals surface area contributed by atoms with E-state index in [9.17, 15) is 13.2 Å². The van der Waals surface area contributed by atoms with Crippen molar-refractivity contribution in [1.82, 2.24) is 5.32 Å². The first-order valence-corrected chi connectivity index (χ1v) is 11.4. The van der Waals surface area contributed by atoms with E-state index in [1.54, 1.807) is 25.1 Å². The van der Waals surface area contributed by atoms with Gasteiger partial charge in [0.05, 0.1) is 18.0 Å². The van der Waals surface area contributed by atoms with Gasteiger partial charge in [-0.15, -0.1) is 0 Å². The first-order chi connectivity index (χ1) is 14.2. The molecule has 162 valence electrons. The number of aryl methyl sites for hydroxylation is 1. The third-order valence-electron chi connectivity index (χ3n) is 4.49. The maximum Gasteiger partial charge on any atom is 0.241 e. The summed E-state index contributed by atoms with van der Waals surface area (Å²) >= 11 is 0. The number of hydrogen-bond donors (Lipinski definition) is 1. The maximum atomic E-state index is 12.5. The molecule has 8 nitrogen and oxygen atoms in total. The second kappa shape index (κ2) is 9.25. The van der Waals surface area contributed by atoms with Gasteiger partial charge in [0.15, 0.2) is 11.5 Å². The molecule has 1 aliphatic rings. The quantitative estimate of drug-likeness (QED) is 0.684. The molecule has 0 aliphatic carbocycles. The van der Waals surface area contributed by atoms with Crippen molar-refractivity contribution in [1.29, 1.82) is 0 Å². The summed E-state index contributed by atoms with van der Waals surface area (Å²) < 4.78 is 42.4. The molecule has 0 saturated carbocycles. The summed E-state index contributed by atoms with van der Waals surface area (Å²) in [5.41, 5.74) is 1.33. The average molecular weight is 435 g/mol. The minimum absolute atomic E-state index is 0.263. The Kier molecular flexibility index (Phi) is 6.71. The summed E-state index contributed by atoms with van der Waals surface area (Å²) in [6.07, 6.45) is 1.06. The molecule has 2 aromatic carbocycles. The van der Waals surface area contributed by atoms with Gasteiger partial charge >= 0.3 is 0 Å². The Hall–Kier alpha value is -2.94. The van der Waals surface area contributed by atoms with Crippen molar-refractivity contribution in [2.75, 3.05) is 36.9 Å². The van der Waals surface area contributed by atoms with Crippen LogP contribution in [0.1, 0.15) is 12.5 Å². The lowest BCUT2D eigenvalue weighted by atomic mass is 10.2. The topological polar surface area (TPSA) is 94.2 Å². The number of ether oxygens (including phenoxy) is 3. The molecule has 30 heavy (non-hydrogen) atoms. The van der Waals surface area contributed by atoms with E-state index < -0.39 is 15.9 Å². The number of carbonyl (C=O) groups excluding carboxylic acids is 1. The number of benzene rings is 2. The lowest BCUT2D eigenvalue weighted by Crippen LogP contribution is -2.45. The minimum atomic E-state index is -3.69. The van der Waals surface area contributed by atoms with Gasteiger partial charge in [0.25, 0.3) is 0 Å². The zero-order valence-electron chi connectivity index (χ0n) is 17.3. The van der Waals surface area contributed by atoms with Gasteiger partial charge in [-0.2, -0.15) is 0 Å². The number of para-hydroxylation sites is 1. The van der Waals surface area contributed by atoms with E-state index in [2.05, 4.69) is 5.32 Å². The van der Waals surface area contributed by atoms with E-state index >= 15 is 0 Å². The van der Waals surface area contributed by atoms with Crippen molar-refractivity contribution < 1.29 is 27.4 Å². The van der Waals surface area contributed by atoms with Gasteiger partial charge in [0, 0.05) is 6.07 Å². The first kappa shape index (κ1) is 21.8. The van der Waals surface area contributed by atoms with E-state index in [0.717, 1.165) is 21.9 Å². The molecule has 2 aromatic rings. The molecule has 9 heteroatoms. The van der Waals surface area contributed by atoms with Crippen molar-refractivity contribution in [3.63, 3.8) is 0 Å². The molecule has 1 aliphatic heterocycles. The molecule has 0 bridgehead atoms. The third kappa shape index (κ3) is 5.56. The molecule has 3 rings (SSSR count). The number of nitrogens with one attached hydrogen (secondary N) is 1. The zero-order chi connectivity index (χ0) is 21.7. The van der Waals surface area contributed by atoms with Crippen LogP contribution in [0.3, 0.4) is 0 Å². The number of rotatable bonds is 8. The summed E-state index contributed by atoms with van der Waals surface area (Å²) in [5, 5.41) is 2.78. The molecular weight excluding hydrogens is 408 g/mol. The molecular formula is C21H26N2O6S. The Balaban J connectivity index is 1.64. The van der Waals surface area contributed by atoms with Gasteiger partial charge < -0.3 is 19.5 Å². The highest BCUT2D eigenvalue weighted by Crippen LogP contribution is 2.34. The lowest BCUT2D eigenvalue weighted by Gasteiger charge is -2.25. The largest absolute Gasteiger partial charge is 0.491 e. The first-order valence-electron chi connectivity index (χ1n) is 9.59. The highest BCUT2D eigenvalue weighted by molar-refractivity contribution is 7.92. The predicted molar refractivity (Wildman–Crippen MR) is 114 cm³/mol. The van der Waals surface area contributed by atoms with Crippen LogP contribution in [0.2, 0.25) is 0 Å². The van der Waals surface area contributed by atoms with Crippen LogP contribution >= 0.6 is 0 Å². The molecule has 0 spiro atoms. The molecule has 1 unspecified atom stereocenters. The van der Waals surface area contributed by atoms with Gasteiger partial charge in [-0.05, 0) is 37.6 Å². The van der Waals surface area contributed by atoms with Gasteiger partial charge in [-0.3, -0.25) is 9.10 Å². The van der Waals surface area contributed by atoms with Gasteiger partial charge in [-0.1, -0.05) is 18.2 Å². The van der Waals surface area contributed by atoms with E-state index in [1.807, 2.05) is 31.2 Å². The summed E-state index contributed by atoms with van der Waals surface area (Å²) in [4.78, 5) is 12.5. The molecule has 1 amide bonds. The second-order valence-electron chi connectivity index (χ2n) is 7.14. The Labute approximate surface area is 176 Å².